The smallest absolute Gasteiger partial charge is 0.256 e. The molecule has 0 saturated heterocycles. The molecule has 1 aromatic carbocycles. The summed E-state index contributed by atoms with van der Waals surface area (Å²) in [4.78, 5) is 11.8. The maximum absolute atomic E-state index is 12.9. The molecule has 0 aromatic heterocycles. The minimum absolute atomic E-state index is 0.380. The molecule has 86 valence electrons. The number of aliphatic hydroxyl groups is 1. The van der Waals surface area contributed by atoms with Gasteiger partial charge in [-0.25, -0.2) is 4.39 Å². The van der Waals surface area contributed by atoms with Gasteiger partial charge in [0.15, 0.2) is 0 Å². The van der Waals surface area contributed by atoms with Crippen molar-refractivity contribution in [2.45, 2.75) is 31.3 Å². The van der Waals surface area contributed by atoms with Gasteiger partial charge >= 0.3 is 0 Å². The van der Waals surface area contributed by atoms with Crippen LogP contribution < -0.4 is 5.32 Å². The highest BCUT2D eigenvalue weighted by Crippen LogP contribution is 2.30. The number of anilines is 1. The summed E-state index contributed by atoms with van der Waals surface area (Å²) in [6, 6.07) is 5.65. The Hall–Kier alpha value is -1.42. The van der Waals surface area contributed by atoms with Crippen molar-refractivity contribution in [1.82, 2.24) is 0 Å². The average Bonchev–Trinajstić information content (AvgIpc) is 2.66. The molecule has 1 aromatic rings. The third-order valence-electron chi connectivity index (χ3n) is 2.94. The van der Waals surface area contributed by atoms with Gasteiger partial charge in [-0.2, -0.15) is 0 Å². The van der Waals surface area contributed by atoms with Crippen LogP contribution in [-0.2, 0) is 4.79 Å². The van der Waals surface area contributed by atoms with Crippen LogP contribution in [0.1, 0.15) is 25.7 Å². The number of benzene rings is 1. The summed E-state index contributed by atoms with van der Waals surface area (Å²) in [5.41, 5.74) is -0.892. The highest BCUT2D eigenvalue weighted by molar-refractivity contribution is 5.97. The maximum atomic E-state index is 12.9. The van der Waals surface area contributed by atoms with Crippen molar-refractivity contribution in [3.63, 3.8) is 0 Å². The molecule has 0 radical (unpaired) electrons. The summed E-state index contributed by atoms with van der Waals surface area (Å²) in [7, 11) is 0. The van der Waals surface area contributed by atoms with Crippen molar-refractivity contribution in [3.05, 3.63) is 30.1 Å². The molecule has 1 fully saturated rings. The molecule has 1 aliphatic rings. The monoisotopic (exact) mass is 223 g/mol. The predicted octanol–water partition coefficient (Wildman–Crippen LogP) is 2.07. The van der Waals surface area contributed by atoms with Gasteiger partial charge in [0.1, 0.15) is 11.4 Å². The third-order valence-corrected chi connectivity index (χ3v) is 2.94. The fourth-order valence-corrected chi connectivity index (χ4v) is 2.00. The molecule has 0 bridgehead atoms. The number of amides is 1. The molecule has 2 N–H and O–H groups in total. The average molecular weight is 223 g/mol. The van der Waals surface area contributed by atoms with Gasteiger partial charge < -0.3 is 10.4 Å². The number of rotatable bonds is 2. The minimum atomic E-state index is -1.27. The summed E-state index contributed by atoms with van der Waals surface area (Å²) in [6.07, 6.45) is 2.67. The van der Waals surface area contributed by atoms with Crippen LogP contribution >= 0.6 is 0 Å². The number of halogens is 1. The molecule has 0 heterocycles. The lowest BCUT2D eigenvalue weighted by Crippen LogP contribution is -2.40. The van der Waals surface area contributed by atoms with E-state index in [-0.39, 0.29) is 0 Å². The summed E-state index contributed by atoms with van der Waals surface area (Å²) in [5, 5.41) is 12.5. The first-order valence-electron chi connectivity index (χ1n) is 5.40. The van der Waals surface area contributed by atoms with E-state index in [0.717, 1.165) is 12.8 Å². The lowest BCUT2D eigenvalue weighted by Gasteiger charge is -2.20. The molecular weight excluding hydrogens is 209 g/mol. The molecule has 0 aliphatic heterocycles. The standard InChI is InChI=1S/C12H14FNO2/c13-9-4-3-5-10(8-9)14-11(15)12(16)6-1-2-7-12/h3-5,8,16H,1-2,6-7H2,(H,14,15). The number of hydrogen-bond donors (Lipinski definition) is 2. The van der Waals surface area contributed by atoms with Crippen LogP contribution in [0.25, 0.3) is 0 Å². The first kappa shape index (κ1) is 11.1. The fraction of sp³-hybridized carbons (Fsp3) is 0.417. The highest BCUT2D eigenvalue weighted by Gasteiger charge is 2.38. The molecule has 0 spiro atoms. The molecule has 3 nitrogen and oxygen atoms in total. The topological polar surface area (TPSA) is 49.3 Å². The van der Waals surface area contributed by atoms with Crippen LogP contribution in [-0.4, -0.2) is 16.6 Å². The van der Waals surface area contributed by atoms with E-state index in [1.165, 1.54) is 18.2 Å². The van der Waals surface area contributed by atoms with Crippen LogP contribution in [0.2, 0.25) is 0 Å². The van der Waals surface area contributed by atoms with Crippen LogP contribution in [0.5, 0.6) is 0 Å². The first-order chi connectivity index (χ1) is 7.60. The van der Waals surface area contributed by atoms with Gasteiger partial charge in [0.25, 0.3) is 5.91 Å². The second-order valence-electron chi connectivity index (χ2n) is 4.20. The lowest BCUT2D eigenvalue weighted by atomic mass is 10.0. The SMILES string of the molecule is O=C(Nc1cccc(F)c1)C1(O)CCCC1. The largest absolute Gasteiger partial charge is 0.380 e. The Morgan fingerprint density at radius 1 is 1.38 bits per heavy atom. The van der Waals surface area contributed by atoms with Gasteiger partial charge in [0, 0.05) is 5.69 Å². The van der Waals surface area contributed by atoms with Gasteiger partial charge in [-0.05, 0) is 43.9 Å². The maximum Gasteiger partial charge on any atom is 0.256 e. The Balaban J connectivity index is 2.07. The number of carbonyl (C=O) groups excluding carboxylic acids is 1. The zero-order valence-corrected chi connectivity index (χ0v) is 8.87. The fourth-order valence-electron chi connectivity index (χ4n) is 2.00. The van der Waals surface area contributed by atoms with Crippen molar-refractivity contribution in [1.29, 1.82) is 0 Å². The van der Waals surface area contributed by atoms with E-state index >= 15 is 0 Å². The van der Waals surface area contributed by atoms with Gasteiger partial charge in [0.2, 0.25) is 0 Å². The van der Waals surface area contributed by atoms with Crippen molar-refractivity contribution in [3.8, 4) is 0 Å². The first-order valence-corrected chi connectivity index (χ1v) is 5.40. The third kappa shape index (κ3) is 2.22. The zero-order valence-electron chi connectivity index (χ0n) is 8.87. The molecule has 16 heavy (non-hydrogen) atoms. The summed E-state index contributed by atoms with van der Waals surface area (Å²) in [5.74, 6) is -0.841. The van der Waals surface area contributed by atoms with E-state index in [2.05, 4.69) is 5.32 Å². The Morgan fingerprint density at radius 3 is 2.69 bits per heavy atom. The van der Waals surface area contributed by atoms with E-state index in [4.69, 9.17) is 0 Å². The summed E-state index contributed by atoms with van der Waals surface area (Å²) < 4.78 is 12.9. The predicted molar refractivity (Wildman–Crippen MR) is 58.4 cm³/mol. The molecule has 1 saturated carbocycles. The van der Waals surface area contributed by atoms with E-state index in [0.29, 0.717) is 18.5 Å². The summed E-state index contributed by atoms with van der Waals surface area (Å²) in [6.45, 7) is 0. The van der Waals surface area contributed by atoms with Gasteiger partial charge in [-0.15, -0.1) is 0 Å². The molecule has 0 atom stereocenters. The van der Waals surface area contributed by atoms with Crippen LogP contribution in [0.4, 0.5) is 10.1 Å². The van der Waals surface area contributed by atoms with Crippen LogP contribution in [0, 0.1) is 5.82 Å². The number of carbonyl (C=O) groups is 1. The van der Waals surface area contributed by atoms with E-state index < -0.39 is 17.3 Å². The van der Waals surface area contributed by atoms with Crippen LogP contribution in [0.3, 0.4) is 0 Å². The molecule has 2 rings (SSSR count). The van der Waals surface area contributed by atoms with E-state index in [9.17, 15) is 14.3 Å². The van der Waals surface area contributed by atoms with Crippen molar-refractivity contribution < 1.29 is 14.3 Å². The second kappa shape index (κ2) is 4.22. The van der Waals surface area contributed by atoms with Crippen molar-refractivity contribution in [2.24, 2.45) is 0 Å². The van der Waals surface area contributed by atoms with Crippen LogP contribution in [0.15, 0.2) is 24.3 Å². The molecule has 1 aliphatic carbocycles. The van der Waals surface area contributed by atoms with E-state index in [1.807, 2.05) is 0 Å². The lowest BCUT2D eigenvalue weighted by molar-refractivity contribution is -0.133. The van der Waals surface area contributed by atoms with E-state index in [1.54, 1.807) is 6.07 Å². The summed E-state index contributed by atoms with van der Waals surface area (Å²) >= 11 is 0. The van der Waals surface area contributed by atoms with Gasteiger partial charge in [0.05, 0.1) is 0 Å². The number of hydrogen-bond acceptors (Lipinski definition) is 2. The quantitative estimate of drug-likeness (QED) is 0.806. The second-order valence-corrected chi connectivity index (χ2v) is 4.20. The Bertz CT molecular complexity index is 400. The molecular formula is C12H14FNO2. The number of nitrogens with one attached hydrogen (secondary N) is 1. The Morgan fingerprint density at radius 2 is 2.06 bits per heavy atom. The van der Waals surface area contributed by atoms with Crippen molar-refractivity contribution >= 4 is 11.6 Å². The molecule has 0 unspecified atom stereocenters. The van der Waals surface area contributed by atoms with Crippen molar-refractivity contribution in [2.75, 3.05) is 5.32 Å². The van der Waals surface area contributed by atoms with Gasteiger partial charge in [-0.3, -0.25) is 4.79 Å². The highest BCUT2D eigenvalue weighted by atomic mass is 19.1. The van der Waals surface area contributed by atoms with Gasteiger partial charge in [-0.1, -0.05) is 6.07 Å². The molecule has 1 amide bonds. The molecule has 4 heteroatoms. The normalized spacial score (nSPS) is 18.4. The zero-order chi connectivity index (χ0) is 11.6. The minimum Gasteiger partial charge on any atom is -0.380 e. The Labute approximate surface area is 93.3 Å². The Kier molecular flexibility index (Phi) is 2.92.